The quantitative estimate of drug-likeness (QED) is 0.401. The van der Waals surface area contributed by atoms with E-state index in [1.165, 1.54) is 16.6 Å². The molecule has 0 fully saturated rings. The lowest BCUT2D eigenvalue weighted by Crippen LogP contribution is -2.01. The molecule has 2 heterocycles. The van der Waals surface area contributed by atoms with Crippen molar-refractivity contribution in [3.05, 3.63) is 38.7 Å². The summed E-state index contributed by atoms with van der Waals surface area (Å²) in [6.45, 7) is 2.03. The van der Waals surface area contributed by atoms with Crippen LogP contribution in [-0.2, 0) is 0 Å². The van der Waals surface area contributed by atoms with E-state index in [9.17, 15) is 10.1 Å². The highest BCUT2D eigenvalue weighted by Crippen LogP contribution is 2.35. The van der Waals surface area contributed by atoms with Crippen molar-refractivity contribution in [2.24, 2.45) is 0 Å². The Bertz CT molecular complexity index is 559. The van der Waals surface area contributed by atoms with Crippen molar-refractivity contribution in [3.63, 3.8) is 0 Å². The van der Waals surface area contributed by atoms with Gasteiger partial charge in [-0.1, -0.05) is 17.8 Å². The first-order chi connectivity index (χ1) is 8.58. The van der Waals surface area contributed by atoms with Crippen LogP contribution in [0.2, 0.25) is 0 Å². The van der Waals surface area contributed by atoms with Gasteiger partial charge >= 0.3 is 5.69 Å². The lowest BCUT2D eigenvalue weighted by atomic mass is 10.4. The van der Waals surface area contributed by atoms with Gasteiger partial charge in [0.1, 0.15) is 6.20 Å². The highest BCUT2D eigenvalue weighted by atomic mass is 32.2. The number of thioether (sulfide) groups is 1. The maximum atomic E-state index is 10.6. The van der Waals surface area contributed by atoms with Crippen molar-refractivity contribution in [1.29, 1.82) is 0 Å². The summed E-state index contributed by atoms with van der Waals surface area (Å²) in [5.41, 5.74) is 5.25. The van der Waals surface area contributed by atoms with E-state index in [1.807, 2.05) is 24.4 Å². The van der Waals surface area contributed by atoms with Crippen molar-refractivity contribution in [1.82, 2.24) is 9.97 Å². The van der Waals surface area contributed by atoms with E-state index in [2.05, 4.69) is 9.97 Å². The highest BCUT2D eigenvalue weighted by molar-refractivity contribution is 7.99. The maximum Gasteiger partial charge on any atom is 0.329 e. The van der Waals surface area contributed by atoms with Gasteiger partial charge in [0.25, 0.3) is 0 Å². The SMILES string of the molecule is CC(Sc1ncc([N+](=O)[O-])c(N)n1)c1cccs1. The van der Waals surface area contributed by atoms with Gasteiger partial charge in [-0.25, -0.2) is 4.98 Å². The van der Waals surface area contributed by atoms with Gasteiger partial charge < -0.3 is 5.73 Å². The van der Waals surface area contributed by atoms with Gasteiger partial charge in [-0.3, -0.25) is 10.1 Å². The molecule has 0 bridgehead atoms. The lowest BCUT2D eigenvalue weighted by molar-refractivity contribution is -0.384. The van der Waals surface area contributed by atoms with Crippen LogP contribution < -0.4 is 5.73 Å². The summed E-state index contributed by atoms with van der Waals surface area (Å²) >= 11 is 3.07. The Hall–Kier alpha value is -1.67. The second-order valence-corrected chi connectivity index (χ2v) is 5.74. The van der Waals surface area contributed by atoms with Gasteiger partial charge in [-0.05, 0) is 18.4 Å². The fourth-order valence-corrected chi connectivity index (χ4v) is 3.06. The molecular formula is C10H10N4O2S2. The lowest BCUT2D eigenvalue weighted by Gasteiger charge is -2.07. The smallest absolute Gasteiger partial charge is 0.329 e. The summed E-state index contributed by atoms with van der Waals surface area (Å²) in [5.74, 6) is -0.101. The summed E-state index contributed by atoms with van der Waals surface area (Å²) in [4.78, 5) is 19.1. The van der Waals surface area contributed by atoms with Gasteiger partial charge in [0, 0.05) is 10.1 Å². The first-order valence-electron chi connectivity index (χ1n) is 5.05. The Morgan fingerprint density at radius 3 is 2.94 bits per heavy atom. The molecular weight excluding hydrogens is 272 g/mol. The van der Waals surface area contributed by atoms with E-state index in [0.717, 1.165) is 6.20 Å². The highest BCUT2D eigenvalue weighted by Gasteiger charge is 2.16. The number of nitrogens with zero attached hydrogens (tertiary/aromatic N) is 3. The first-order valence-corrected chi connectivity index (χ1v) is 6.81. The van der Waals surface area contributed by atoms with Crippen molar-refractivity contribution in [2.45, 2.75) is 17.3 Å². The molecule has 0 spiro atoms. The standard InChI is InChI=1S/C10H10N4O2S2/c1-6(8-3-2-4-17-8)18-10-12-5-7(14(15)16)9(11)13-10/h2-6H,1H3,(H2,11,12,13). The second kappa shape index (κ2) is 5.32. The molecule has 0 saturated heterocycles. The minimum atomic E-state index is -0.591. The number of aromatic nitrogens is 2. The van der Waals surface area contributed by atoms with E-state index in [1.54, 1.807) is 11.3 Å². The van der Waals surface area contributed by atoms with Crippen molar-refractivity contribution in [3.8, 4) is 0 Å². The Balaban J connectivity index is 2.15. The number of anilines is 1. The van der Waals surface area contributed by atoms with Gasteiger partial charge in [0.05, 0.1) is 4.92 Å². The zero-order valence-corrected chi connectivity index (χ0v) is 11.1. The van der Waals surface area contributed by atoms with Crippen molar-refractivity contribution in [2.75, 3.05) is 5.73 Å². The van der Waals surface area contributed by atoms with Crippen LogP contribution in [0.4, 0.5) is 11.5 Å². The number of nitrogens with two attached hydrogens (primary N) is 1. The molecule has 0 aliphatic carbocycles. The maximum absolute atomic E-state index is 10.6. The second-order valence-electron chi connectivity index (χ2n) is 3.46. The number of nitro groups is 1. The number of hydrogen-bond donors (Lipinski definition) is 1. The summed E-state index contributed by atoms with van der Waals surface area (Å²) in [6, 6.07) is 4.00. The van der Waals surface area contributed by atoms with Crippen LogP contribution in [0.1, 0.15) is 17.1 Å². The third kappa shape index (κ3) is 2.77. The molecule has 2 aromatic heterocycles. The van der Waals surface area contributed by atoms with E-state index < -0.39 is 4.92 Å². The number of hydrogen-bond acceptors (Lipinski definition) is 7. The third-order valence-corrected chi connectivity index (χ3v) is 4.42. The van der Waals surface area contributed by atoms with Crippen LogP contribution in [0.15, 0.2) is 28.9 Å². The normalized spacial score (nSPS) is 12.3. The molecule has 0 aliphatic heterocycles. The first kappa shape index (κ1) is 12.8. The summed E-state index contributed by atoms with van der Waals surface area (Å²) < 4.78 is 0. The average molecular weight is 282 g/mol. The molecule has 1 atom stereocenters. The van der Waals surface area contributed by atoms with Crippen LogP contribution in [0.3, 0.4) is 0 Å². The predicted octanol–water partition coefficient (Wildman–Crippen LogP) is 2.88. The zero-order chi connectivity index (χ0) is 13.1. The fourth-order valence-electron chi connectivity index (χ4n) is 1.31. The molecule has 2 rings (SSSR count). The molecule has 1 unspecified atom stereocenters. The Morgan fingerprint density at radius 2 is 2.39 bits per heavy atom. The number of rotatable bonds is 4. The molecule has 2 aromatic rings. The number of nitrogen functional groups attached to an aromatic ring is 1. The van der Waals surface area contributed by atoms with Crippen LogP contribution in [0.5, 0.6) is 0 Å². The van der Waals surface area contributed by atoms with Crippen LogP contribution in [-0.4, -0.2) is 14.9 Å². The minimum Gasteiger partial charge on any atom is -0.378 e. The Labute approximate surface area is 111 Å². The zero-order valence-electron chi connectivity index (χ0n) is 9.44. The van der Waals surface area contributed by atoms with Gasteiger partial charge in [0.15, 0.2) is 5.16 Å². The van der Waals surface area contributed by atoms with E-state index in [-0.39, 0.29) is 16.8 Å². The minimum absolute atomic E-state index is 0.101. The topological polar surface area (TPSA) is 94.9 Å². The van der Waals surface area contributed by atoms with Crippen molar-refractivity contribution < 1.29 is 4.92 Å². The Kier molecular flexibility index (Phi) is 3.78. The predicted molar refractivity (Wildman–Crippen MR) is 71.7 cm³/mol. The number of thiophene rings is 1. The third-order valence-electron chi connectivity index (χ3n) is 2.20. The van der Waals surface area contributed by atoms with Gasteiger partial charge in [-0.2, -0.15) is 4.98 Å². The van der Waals surface area contributed by atoms with Crippen molar-refractivity contribution >= 4 is 34.6 Å². The fraction of sp³-hybridized carbons (Fsp3) is 0.200. The van der Waals surface area contributed by atoms with E-state index >= 15 is 0 Å². The molecule has 0 radical (unpaired) electrons. The van der Waals surface area contributed by atoms with Crippen LogP contribution in [0.25, 0.3) is 0 Å². The molecule has 6 nitrogen and oxygen atoms in total. The van der Waals surface area contributed by atoms with Crippen LogP contribution >= 0.6 is 23.1 Å². The summed E-state index contributed by atoms with van der Waals surface area (Å²) in [7, 11) is 0. The molecule has 18 heavy (non-hydrogen) atoms. The van der Waals surface area contributed by atoms with Gasteiger partial charge in [0.2, 0.25) is 5.82 Å². The average Bonchev–Trinajstić information content (AvgIpc) is 2.81. The van der Waals surface area contributed by atoms with E-state index in [4.69, 9.17) is 5.73 Å². The molecule has 0 saturated carbocycles. The Morgan fingerprint density at radius 1 is 1.61 bits per heavy atom. The summed E-state index contributed by atoms with van der Waals surface area (Å²) in [5, 5.41) is 13.2. The van der Waals surface area contributed by atoms with E-state index in [0.29, 0.717) is 5.16 Å². The molecule has 94 valence electrons. The molecule has 0 amide bonds. The molecule has 0 aromatic carbocycles. The molecule has 2 N–H and O–H groups in total. The molecule has 0 aliphatic rings. The molecule has 8 heteroatoms. The van der Waals surface area contributed by atoms with Crippen LogP contribution in [0, 0.1) is 10.1 Å². The van der Waals surface area contributed by atoms with Gasteiger partial charge in [-0.15, -0.1) is 11.3 Å². The summed E-state index contributed by atoms with van der Waals surface area (Å²) in [6.07, 6.45) is 1.14. The largest absolute Gasteiger partial charge is 0.378 e. The monoisotopic (exact) mass is 282 g/mol.